The summed E-state index contributed by atoms with van der Waals surface area (Å²) in [4.78, 5) is 0. The van der Waals surface area contributed by atoms with Crippen molar-refractivity contribution in [3.05, 3.63) is 29.8 Å². The molecular formula is C16H30GeSi. The first-order valence-electron chi connectivity index (χ1n) is 7.46. The van der Waals surface area contributed by atoms with Crippen molar-refractivity contribution in [2.24, 2.45) is 0 Å². The average molecular weight is 323 g/mol. The summed E-state index contributed by atoms with van der Waals surface area (Å²) < 4.78 is 0. The molecule has 1 rings (SSSR count). The van der Waals surface area contributed by atoms with Gasteiger partial charge in [-0.2, -0.15) is 0 Å². The first-order chi connectivity index (χ1) is 8.37. The van der Waals surface area contributed by atoms with Crippen LogP contribution in [0.1, 0.15) is 26.3 Å². The Morgan fingerprint density at radius 2 is 1.28 bits per heavy atom. The summed E-state index contributed by atoms with van der Waals surface area (Å²) in [5.74, 6) is 0. The van der Waals surface area contributed by atoms with E-state index in [0.29, 0.717) is 0 Å². The zero-order chi connectivity index (χ0) is 13.8. The van der Waals surface area contributed by atoms with Crippen LogP contribution in [0.15, 0.2) is 24.3 Å². The third kappa shape index (κ3) is 3.99. The van der Waals surface area contributed by atoms with Crippen LogP contribution in [0.4, 0.5) is 0 Å². The van der Waals surface area contributed by atoms with Gasteiger partial charge >= 0.3 is 118 Å². The predicted molar refractivity (Wildman–Crippen MR) is 90.3 cm³/mol. The molecule has 0 atom stereocenters. The fraction of sp³-hybridized carbons (Fsp3) is 0.625. The van der Waals surface area contributed by atoms with E-state index in [0.717, 1.165) is 0 Å². The van der Waals surface area contributed by atoms with E-state index in [1.807, 2.05) is 0 Å². The Morgan fingerprint density at radius 3 is 1.61 bits per heavy atom. The summed E-state index contributed by atoms with van der Waals surface area (Å²) >= 11 is -1.54. The predicted octanol–water partition coefficient (Wildman–Crippen LogP) is 4.82. The van der Waals surface area contributed by atoms with Gasteiger partial charge in [-0.25, -0.2) is 0 Å². The second-order valence-corrected chi connectivity index (χ2v) is 23.2. The van der Waals surface area contributed by atoms with E-state index in [4.69, 9.17) is 0 Å². The van der Waals surface area contributed by atoms with Crippen LogP contribution < -0.4 is 5.19 Å². The topological polar surface area (TPSA) is 0 Å². The molecule has 0 N–H and O–H groups in total. The average Bonchev–Trinajstić information content (AvgIpc) is 2.36. The number of benzene rings is 1. The van der Waals surface area contributed by atoms with Crippen LogP contribution in [0, 0.1) is 0 Å². The molecule has 0 nitrogen and oxygen atoms in total. The molecule has 0 bridgehead atoms. The Kier molecular flexibility index (Phi) is 5.72. The van der Waals surface area contributed by atoms with Crippen molar-refractivity contribution in [2.75, 3.05) is 0 Å². The van der Waals surface area contributed by atoms with Crippen molar-refractivity contribution in [2.45, 2.75) is 61.4 Å². The van der Waals surface area contributed by atoms with E-state index in [1.165, 1.54) is 21.0 Å². The van der Waals surface area contributed by atoms with Crippen LogP contribution >= 0.6 is 0 Å². The first-order valence-corrected chi connectivity index (χ1v) is 16.9. The molecule has 0 aliphatic carbocycles. The van der Waals surface area contributed by atoms with Gasteiger partial charge < -0.3 is 0 Å². The van der Waals surface area contributed by atoms with Crippen LogP contribution in [0.3, 0.4) is 0 Å². The zero-order valence-electron chi connectivity index (χ0n) is 13.1. The minimum absolute atomic E-state index is 1.12. The van der Waals surface area contributed by atoms with Crippen molar-refractivity contribution in [1.29, 1.82) is 0 Å². The van der Waals surface area contributed by atoms with Gasteiger partial charge in [0.1, 0.15) is 0 Å². The molecule has 0 heterocycles. The Balaban J connectivity index is 2.86. The third-order valence-electron chi connectivity index (χ3n) is 4.65. The van der Waals surface area contributed by atoms with Gasteiger partial charge in [0.2, 0.25) is 0 Å². The van der Waals surface area contributed by atoms with Gasteiger partial charge in [-0.3, -0.25) is 0 Å². The molecule has 102 valence electrons. The van der Waals surface area contributed by atoms with Crippen LogP contribution in [0.5, 0.6) is 0 Å². The molecule has 0 amide bonds. The molecule has 0 radical (unpaired) electrons. The second-order valence-electron chi connectivity index (χ2n) is 6.68. The van der Waals surface area contributed by atoms with Gasteiger partial charge in [0, 0.05) is 0 Å². The number of hydrogen-bond donors (Lipinski definition) is 0. The van der Waals surface area contributed by atoms with Gasteiger partial charge in [-0.05, 0) is 0 Å². The quantitative estimate of drug-likeness (QED) is 0.658. The van der Waals surface area contributed by atoms with Crippen molar-refractivity contribution in [3.63, 3.8) is 0 Å². The molecule has 0 fully saturated rings. The summed E-state index contributed by atoms with van der Waals surface area (Å²) in [7, 11) is -1.12. The van der Waals surface area contributed by atoms with Crippen LogP contribution in [0.25, 0.3) is 0 Å². The first kappa shape index (κ1) is 16.0. The van der Waals surface area contributed by atoms with Gasteiger partial charge in [0.05, 0.1) is 0 Å². The molecule has 1 aromatic carbocycles. The molecule has 0 saturated carbocycles. The maximum atomic E-state index is 2.42. The van der Waals surface area contributed by atoms with E-state index in [1.54, 1.807) is 10.8 Å². The SMILES string of the molecule is C[CH2][Ge]([CH2]C)([CH2]C)[CH2]c1ccc([Si](C)(C)C)cc1. The van der Waals surface area contributed by atoms with Gasteiger partial charge in [0.15, 0.2) is 0 Å². The normalized spacial score (nSPS) is 12.8. The molecule has 0 saturated heterocycles. The fourth-order valence-electron chi connectivity index (χ4n) is 2.68. The Labute approximate surface area is 118 Å². The van der Waals surface area contributed by atoms with Crippen LogP contribution in [-0.2, 0) is 5.25 Å². The van der Waals surface area contributed by atoms with Crippen molar-refractivity contribution >= 4 is 26.5 Å². The van der Waals surface area contributed by atoms with Crippen molar-refractivity contribution < 1.29 is 0 Å². The maximum absolute atomic E-state index is 2.42. The van der Waals surface area contributed by atoms with Gasteiger partial charge in [-0.15, -0.1) is 0 Å². The number of hydrogen-bond acceptors (Lipinski definition) is 0. The summed E-state index contributed by atoms with van der Waals surface area (Å²) in [6, 6.07) is 9.62. The van der Waals surface area contributed by atoms with E-state index in [9.17, 15) is 0 Å². The van der Waals surface area contributed by atoms with Crippen LogP contribution in [-0.4, -0.2) is 21.3 Å². The molecule has 0 unspecified atom stereocenters. The minimum atomic E-state index is -1.54. The molecular weight excluding hydrogens is 293 g/mol. The molecule has 2 heteroatoms. The fourth-order valence-corrected chi connectivity index (χ4v) is 10.9. The third-order valence-corrected chi connectivity index (χ3v) is 18.6. The summed E-state index contributed by atoms with van der Waals surface area (Å²) in [6.45, 7) is 14.5. The Hall–Kier alpha value is -0.0203. The molecule has 0 spiro atoms. The molecule has 0 aliphatic heterocycles. The van der Waals surface area contributed by atoms with E-state index in [-0.39, 0.29) is 0 Å². The Bertz CT molecular complexity index is 349. The summed E-state index contributed by atoms with van der Waals surface area (Å²) in [5.41, 5.74) is 1.60. The Morgan fingerprint density at radius 1 is 0.833 bits per heavy atom. The van der Waals surface area contributed by atoms with E-state index < -0.39 is 21.3 Å². The van der Waals surface area contributed by atoms with Crippen LogP contribution in [0.2, 0.25) is 35.4 Å². The molecule has 18 heavy (non-hydrogen) atoms. The molecule has 0 aliphatic rings. The summed E-state index contributed by atoms with van der Waals surface area (Å²) in [5, 5.41) is 7.44. The van der Waals surface area contributed by atoms with Gasteiger partial charge in [-0.1, -0.05) is 0 Å². The number of rotatable bonds is 6. The summed E-state index contributed by atoms with van der Waals surface area (Å²) in [6.07, 6.45) is 0. The molecule has 1 aromatic rings. The second kappa shape index (κ2) is 6.42. The monoisotopic (exact) mass is 324 g/mol. The zero-order valence-corrected chi connectivity index (χ0v) is 16.2. The standard InChI is InChI=1S/C16H30GeSi/c1-7-17(8-2,9-3)14-15-10-12-16(13-11-15)18(4,5)6/h10-13H,7-9,14H2,1-6H3. The van der Waals surface area contributed by atoms with E-state index >= 15 is 0 Å². The van der Waals surface area contributed by atoms with E-state index in [2.05, 4.69) is 64.7 Å². The molecule has 0 aromatic heterocycles. The van der Waals surface area contributed by atoms with Crippen molar-refractivity contribution in [3.8, 4) is 0 Å². The van der Waals surface area contributed by atoms with Crippen molar-refractivity contribution in [1.82, 2.24) is 0 Å². The van der Waals surface area contributed by atoms with Gasteiger partial charge in [0.25, 0.3) is 0 Å².